The smallest absolute Gasteiger partial charge is 0.255 e. The lowest BCUT2D eigenvalue weighted by Gasteiger charge is -2.39. The first-order valence-corrected chi connectivity index (χ1v) is 8.39. The summed E-state index contributed by atoms with van der Waals surface area (Å²) in [5, 5.41) is 9.03. The maximum Gasteiger partial charge on any atom is 0.255 e. The van der Waals surface area contributed by atoms with Crippen molar-refractivity contribution in [2.24, 2.45) is 0 Å². The third-order valence-electron chi connectivity index (χ3n) is 3.64. The van der Waals surface area contributed by atoms with E-state index < -0.39 is 0 Å². The summed E-state index contributed by atoms with van der Waals surface area (Å²) in [6, 6.07) is 13.0. The molecule has 3 rings (SSSR count). The molecule has 0 N–H and O–H groups in total. The Morgan fingerprint density at radius 3 is 2.87 bits per heavy atom. The Kier molecular flexibility index (Phi) is 4.49. The van der Waals surface area contributed by atoms with E-state index in [1.54, 1.807) is 35.0 Å². The largest absolute Gasteiger partial charge is 0.470 e. The number of hydrogen-bond donors (Lipinski definition) is 0. The quantitative estimate of drug-likeness (QED) is 0.808. The van der Waals surface area contributed by atoms with Gasteiger partial charge >= 0.3 is 0 Å². The van der Waals surface area contributed by atoms with Crippen LogP contribution in [0.1, 0.15) is 15.9 Å². The minimum atomic E-state index is -0.123. The van der Waals surface area contributed by atoms with Gasteiger partial charge in [-0.3, -0.25) is 4.79 Å². The topological polar surface area (TPSA) is 66.2 Å². The van der Waals surface area contributed by atoms with Gasteiger partial charge in [0.05, 0.1) is 18.7 Å². The molecular formula is C17H15N3O2S. The molecule has 1 aliphatic heterocycles. The average molecular weight is 325 g/mol. The molecule has 0 bridgehead atoms. The second kappa shape index (κ2) is 6.71. The highest BCUT2D eigenvalue weighted by Crippen LogP contribution is 2.25. The first-order chi connectivity index (χ1) is 11.2. The van der Waals surface area contributed by atoms with Gasteiger partial charge in [-0.2, -0.15) is 5.26 Å². The molecule has 0 saturated carbocycles. The first-order valence-electron chi connectivity index (χ1n) is 7.17. The van der Waals surface area contributed by atoms with Crippen molar-refractivity contribution in [2.75, 3.05) is 19.3 Å². The molecule has 5 nitrogen and oxygen atoms in total. The molecular weight excluding hydrogens is 310 g/mol. The zero-order valence-corrected chi connectivity index (χ0v) is 13.4. The predicted octanol–water partition coefficient (Wildman–Crippen LogP) is 2.58. The van der Waals surface area contributed by atoms with Crippen LogP contribution in [-0.4, -0.2) is 41.2 Å². The number of ether oxygens (including phenoxy) is 1. The number of amides is 1. The number of nitrogens with zero attached hydrogens (tertiary/aromatic N) is 3. The number of thioether (sulfide) groups is 1. The number of hydrogen-bond acceptors (Lipinski definition) is 5. The molecule has 0 atom stereocenters. The number of pyridine rings is 1. The molecule has 0 radical (unpaired) electrons. The molecule has 23 heavy (non-hydrogen) atoms. The van der Waals surface area contributed by atoms with E-state index in [9.17, 15) is 4.79 Å². The van der Waals surface area contributed by atoms with Crippen LogP contribution in [0, 0.1) is 11.3 Å². The molecule has 2 heterocycles. The van der Waals surface area contributed by atoms with Gasteiger partial charge in [-0.05, 0) is 30.5 Å². The maximum atomic E-state index is 12.5. The van der Waals surface area contributed by atoms with Gasteiger partial charge < -0.3 is 9.64 Å². The van der Waals surface area contributed by atoms with Gasteiger partial charge in [-0.15, -0.1) is 11.8 Å². The van der Waals surface area contributed by atoms with E-state index in [4.69, 9.17) is 10.00 Å². The van der Waals surface area contributed by atoms with Crippen molar-refractivity contribution in [3.8, 4) is 11.9 Å². The van der Waals surface area contributed by atoms with Gasteiger partial charge in [0, 0.05) is 11.1 Å². The molecule has 1 fully saturated rings. The highest BCUT2D eigenvalue weighted by Gasteiger charge is 2.34. The van der Waals surface area contributed by atoms with Crippen LogP contribution < -0.4 is 4.74 Å². The Morgan fingerprint density at radius 2 is 2.13 bits per heavy atom. The average Bonchev–Trinajstić information content (AvgIpc) is 2.57. The summed E-state index contributed by atoms with van der Waals surface area (Å²) in [6.45, 7) is 1.01. The second-order valence-corrected chi connectivity index (χ2v) is 5.97. The highest BCUT2D eigenvalue weighted by molar-refractivity contribution is 7.98. The fraction of sp³-hybridized carbons (Fsp3) is 0.235. The summed E-state index contributed by atoms with van der Waals surface area (Å²) in [7, 11) is 0. The Balaban J connectivity index is 1.63. The van der Waals surface area contributed by atoms with Crippen LogP contribution in [0.4, 0.5) is 0 Å². The Bertz CT molecular complexity index is 766. The van der Waals surface area contributed by atoms with Crippen LogP contribution >= 0.6 is 11.8 Å². The minimum absolute atomic E-state index is 0.0105. The van der Waals surface area contributed by atoms with Crippen LogP contribution in [-0.2, 0) is 0 Å². The molecule has 0 unspecified atom stereocenters. The molecule has 1 aliphatic rings. The number of benzene rings is 1. The second-order valence-electron chi connectivity index (χ2n) is 5.12. The van der Waals surface area contributed by atoms with Gasteiger partial charge in [-0.25, -0.2) is 4.98 Å². The Labute approximate surface area is 138 Å². The van der Waals surface area contributed by atoms with Crippen molar-refractivity contribution in [1.29, 1.82) is 5.26 Å². The van der Waals surface area contributed by atoms with E-state index >= 15 is 0 Å². The van der Waals surface area contributed by atoms with Crippen molar-refractivity contribution in [1.82, 2.24) is 9.88 Å². The number of likely N-dealkylation sites (tertiary alicyclic amines) is 1. The SMILES string of the molecule is CSc1ccccc1C(=O)N1CC(Oc2ncccc2C#N)C1. The normalized spacial score (nSPS) is 14.0. The van der Waals surface area contributed by atoms with Crippen LogP contribution in [0.2, 0.25) is 0 Å². The zero-order valence-electron chi connectivity index (χ0n) is 12.6. The number of carbonyl (C=O) groups is 1. The standard InChI is InChI=1S/C17H15N3O2S/c1-23-15-7-3-2-6-14(15)17(21)20-10-13(11-20)22-16-12(9-18)5-4-8-19-16/h2-8,13H,10-11H2,1H3. The van der Waals surface area contributed by atoms with Gasteiger partial charge in [0.25, 0.3) is 5.91 Å². The molecule has 2 aromatic rings. The molecule has 1 saturated heterocycles. The summed E-state index contributed by atoms with van der Waals surface area (Å²) in [6.07, 6.45) is 3.42. The maximum absolute atomic E-state index is 12.5. The van der Waals surface area contributed by atoms with Crippen molar-refractivity contribution in [2.45, 2.75) is 11.0 Å². The molecule has 116 valence electrons. The van der Waals surface area contributed by atoms with Crippen molar-refractivity contribution >= 4 is 17.7 Å². The van der Waals surface area contributed by atoms with Crippen molar-refractivity contribution in [3.05, 3.63) is 53.7 Å². The molecule has 1 aromatic carbocycles. The Morgan fingerprint density at radius 1 is 1.35 bits per heavy atom. The van der Waals surface area contributed by atoms with E-state index in [1.807, 2.05) is 30.5 Å². The van der Waals surface area contributed by atoms with Crippen molar-refractivity contribution in [3.63, 3.8) is 0 Å². The van der Waals surface area contributed by atoms with Crippen LogP contribution in [0.25, 0.3) is 0 Å². The summed E-state index contributed by atoms with van der Waals surface area (Å²) >= 11 is 1.56. The zero-order chi connectivity index (χ0) is 16.2. The highest BCUT2D eigenvalue weighted by atomic mass is 32.2. The molecule has 6 heteroatoms. The van der Waals surface area contributed by atoms with E-state index in [0.29, 0.717) is 30.1 Å². The molecule has 0 spiro atoms. The summed E-state index contributed by atoms with van der Waals surface area (Å²) in [5.74, 6) is 0.341. The van der Waals surface area contributed by atoms with Crippen molar-refractivity contribution < 1.29 is 9.53 Å². The molecule has 1 aromatic heterocycles. The number of aromatic nitrogens is 1. The fourth-order valence-electron chi connectivity index (χ4n) is 2.40. The van der Waals surface area contributed by atoms with Gasteiger partial charge in [0.15, 0.2) is 0 Å². The van der Waals surface area contributed by atoms with E-state index in [0.717, 1.165) is 4.90 Å². The number of carbonyl (C=O) groups excluding carboxylic acids is 1. The third-order valence-corrected chi connectivity index (χ3v) is 4.44. The summed E-state index contributed by atoms with van der Waals surface area (Å²) in [4.78, 5) is 19.3. The Hall–Kier alpha value is -2.52. The number of nitriles is 1. The van der Waals surface area contributed by atoms with E-state index in [2.05, 4.69) is 11.1 Å². The van der Waals surface area contributed by atoms with Crippen LogP contribution in [0.5, 0.6) is 5.88 Å². The van der Waals surface area contributed by atoms with E-state index in [-0.39, 0.29) is 12.0 Å². The summed E-state index contributed by atoms with van der Waals surface area (Å²) in [5.41, 5.74) is 1.12. The minimum Gasteiger partial charge on any atom is -0.470 e. The van der Waals surface area contributed by atoms with Gasteiger partial charge in [0.1, 0.15) is 17.7 Å². The third kappa shape index (κ3) is 3.15. The summed E-state index contributed by atoms with van der Waals surface area (Å²) < 4.78 is 5.71. The van der Waals surface area contributed by atoms with Gasteiger partial charge in [0.2, 0.25) is 5.88 Å². The molecule has 1 amide bonds. The van der Waals surface area contributed by atoms with Gasteiger partial charge in [-0.1, -0.05) is 12.1 Å². The van der Waals surface area contributed by atoms with Crippen LogP contribution in [0.15, 0.2) is 47.5 Å². The number of rotatable bonds is 4. The van der Waals surface area contributed by atoms with E-state index in [1.165, 1.54) is 0 Å². The first kappa shape index (κ1) is 15.4. The van der Waals surface area contributed by atoms with Crippen LogP contribution in [0.3, 0.4) is 0 Å². The lowest BCUT2D eigenvalue weighted by Crippen LogP contribution is -2.56. The monoisotopic (exact) mass is 325 g/mol. The fourth-order valence-corrected chi connectivity index (χ4v) is 2.99. The predicted molar refractivity (Wildman–Crippen MR) is 87.5 cm³/mol. The lowest BCUT2D eigenvalue weighted by atomic mass is 10.1. The lowest BCUT2D eigenvalue weighted by molar-refractivity contribution is 0.0156. The molecule has 0 aliphatic carbocycles.